The van der Waals surface area contributed by atoms with Crippen molar-refractivity contribution in [3.8, 4) is 11.1 Å². The zero-order chi connectivity index (χ0) is 27.1. The zero-order valence-corrected chi connectivity index (χ0v) is 22.4. The minimum absolute atomic E-state index is 0.0982. The number of aryl methyl sites for hydroxylation is 1. The molecule has 0 bridgehead atoms. The number of halogens is 4. The summed E-state index contributed by atoms with van der Waals surface area (Å²) in [6, 6.07) is 10.4. The molecule has 2 spiro atoms. The summed E-state index contributed by atoms with van der Waals surface area (Å²) in [5.41, 5.74) is 0.305. The molecule has 3 fully saturated rings. The maximum Gasteiger partial charge on any atom is 0.312 e. The van der Waals surface area contributed by atoms with Gasteiger partial charge in [0.2, 0.25) is 15.6 Å². The molecule has 2 aromatic carbocycles. The molecule has 3 heterocycles. The predicted octanol–water partition coefficient (Wildman–Crippen LogP) is 5.13. The molecule has 6 rings (SSSR count). The van der Waals surface area contributed by atoms with E-state index in [4.69, 9.17) is 4.74 Å². The monoisotopic (exact) mass is 552 g/mol. The van der Waals surface area contributed by atoms with Crippen molar-refractivity contribution in [3.05, 3.63) is 58.7 Å². The number of rotatable bonds is 5. The molecule has 2 aromatic rings. The summed E-state index contributed by atoms with van der Waals surface area (Å²) in [6.45, 7) is 5.40. The molecule has 3 saturated heterocycles. The number of benzene rings is 2. The lowest BCUT2D eigenvalue weighted by Gasteiger charge is -2.52. The second kappa shape index (κ2) is 8.49. The van der Waals surface area contributed by atoms with Gasteiger partial charge in [-0.1, -0.05) is 37.3 Å². The van der Waals surface area contributed by atoms with Gasteiger partial charge in [-0.3, -0.25) is 4.90 Å². The second-order valence-corrected chi connectivity index (χ2v) is 13.5. The highest BCUT2D eigenvalue weighted by Crippen LogP contribution is 2.68. The van der Waals surface area contributed by atoms with Crippen molar-refractivity contribution in [2.75, 3.05) is 39.0 Å². The maximum atomic E-state index is 15.1. The van der Waals surface area contributed by atoms with Gasteiger partial charge in [0.05, 0.1) is 12.9 Å². The second-order valence-electron chi connectivity index (χ2n) is 11.5. The summed E-state index contributed by atoms with van der Waals surface area (Å²) in [5, 5.41) is 0. The van der Waals surface area contributed by atoms with E-state index in [1.807, 2.05) is 19.1 Å². The first kappa shape index (κ1) is 26.2. The van der Waals surface area contributed by atoms with Crippen LogP contribution >= 0.6 is 0 Å². The molecule has 1 aliphatic carbocycles. The van der Waals surface area contributed by atoms with Crippen molar-refractivity contribution < 1.29 is 30.7 Å². The van der Waals surface area contributed by atoms with E-state index in [0.717, 1.165) is 49.2 Å². The van der Waals surface area contributed by atoms with Crippen molar-refractivity contribution in [2.45, 2.75) is 56.6 Å². The molecule has 0 N–H and O–H groups in total. The highest BCUT2D eigenvalue weighted by atomic mass is 32.2. The van der Waals surface area contributed by atoms with Crippen molar-refractivity contribution in [1.29, 1.82) is 0 Å². The zero-order valence-electron chi connectivity index (χ0n) is 21.6. The number of sulfonamides is 1. The van der Waals surface area contributed by atoms with E-state index in [2.05, 4.69) is 11.0 Å². The molecule has 4 aliphatic rings. The Labute approximate surface area is 220 Å². The Hall–Kier alpha value is -2.01. The van der Waals surface area contributed by atoms with E-state index in [-0.39, 0.29) is 23.1 Å². The molecular weight excluding hydrogens is 520 g/mol. The van der Waals surface area contributed by atoms with E-state index in [0.29, 0.717) is 25.1 Å². The number of nitrogens with zero attached hydrogens (tertiary/aromatic N) is 2. The molecule has 206 valence electrons. The van der Waals surface area contributed by atoms with Gasteiger partial charge in [0.25, 0.3) is 5.92 Å². The molecule has 3 aliphatic heterocycles. The molecule has 1 atom stereocenters. The summed E-state index contributed by atoms with van der Waals surface area (Å²) in [5.74, 6) is -7.36. The van der Waals surface area contributed by atoms with Crippen LogP contribution in [0.5, 0.6) is 0 Å². The Kier molecular flexibility index (Phi) is 5.86. The molecule has 38 heavy (non-hydrogen) atoms. The Balaban J connectivity index is 1.17. The minimum atomic E-state index is -3.75. The molecule has 5 nitrogen and oxygen atoms in total. The highest BCUT2D eigenvalue weighted by molar-refractivity contribution is 7.88. The minimum Gasteiger partial charge on any atom is -0.358 e. The van der Waals surface area contributed by atoms with Crippen molar-refractivity contribution in [2.24, 2.45) is 5.41 Å². The topological polar surface area (TPSA) is 49.9 Å². The molecule has 0 saturated carbocycles. The third-order valence-corrected chi connectivity index (χ3v) is 10.3. The number of fused-ring (bicyclic) bond motifs is 2. The largest absolute Gasteiger partial charge is 0.358 e. The Bertz CT molecular complexity index is 1380. The van der Waals surface area contributed by atoms with Crippen LogP contribution in [0, 0.1) is 5.41 Å². The van der Waals surface area contributed by atoms with Gasteiger partial charge in [-0.15, -0.1) is 0 Å². The highest BCUT2D eigenvalue weighted by Gasteiger charge is 2.80. The Morgan fingerprint density at radius 2 is 1.66 bits per heavy atom. The molecule has 0 amide bonds. The third kappa shape index (κ3) is 3.70. The van der Waals surface area contributed by atoms with E-state index in [1.54, 1.807) is 10.4 Å². The lowest BCUT2D eigenvalue weighted by atomic mass is 9.65. The lowest BCUT2D eigenvalue weighted by molar-refractivity contribution is -0.301. The number of alkyl halides is 4. The van der Waals surface area contributed by atoms with E-state index < -0.39 is 33.9 Å². The lowest BCUT2D eigenvalue weighted by Crippen LogP contribution is -2.61. The molecule has 10 heteroatoms. The van der Waals surface area contributed by atoms with Gasteiger partial charge in [-0.2, -0.15) is 8.78 Å². The fourth-order valence-electron chi connectivity index (χ4n) is 6.80. The summed E-state index contributed by atoms with van der Waals surface area (Å²) in [6.07, 6.45) is 3.18. The smallest absolute Gasteiger partial charge is 0.312 e. The van der Waals surface area contributed by atoms with Gasteiger partial charge in [0.1, 0.15) is 0 Å². The van der Waals surface area contributed by atoms with E-state index in [1.165, 1.54) is 18.4 Å². The third-order valence-electron chi connectivity index (χ3n) is 9.11. The molecule has 0 radical (unpaired) electrons. The number of ether oxygens (including phenoxy) is 1. The SMILES string of the molecule is CCc1cc(CN2CCC3(CC2)CN(S(C)(=O)=O)C3)ccc1-c1ccc2c(c1)C(F)(F)C21OCCC1(F)F. The van der Waals surface area contributed by atoms with E-state index >= 15 is 8.78 Å². The summed E-state index contributed by atoms with van der Waals surface area (Å²) >= 11 is 0. The van der Waals surface area contributed by atoms with Gasteiger partial charge in [-0.25, -0.2) is 21.5 Å². The van der Waals surface area contributed by atoms with Crippen LogP contribution in [0.25, 0.3) is 11.1 Å². The first-order chi connectivity index (χ1) is 17.8. The van der Waals surface area contributed by atoms with Gasteiger partial charge in [0.15, 0.2) is 0 Å². The summed E-state index contributed by atoms with van der Waals surface area (Å²) in [7, 11) is -3.12. The van der Waals surface area contributed by atoms with Crippen molar-refractivity contribution >= 4 is 10.0 Å². The van der Waals surface area contributed by atoms with Crippen molar-refractivity contribution in [3.63, 3.8) is 0 Å². The average molecular weight is 553 g/mol. The number of piperidine rings is 1. The predicted molar refractivity (Wildman–Crippen MR) is 136 cm³/mol. The average Bonchev–Trinajstić information content (AvgIpc) is 3.19. The summed E-state index contributed by atoms with van der Waals surface area (Å²) in [4.78, 5) is 2.37. The van der Waals surface area contributed by atoms with Crippen LogP contribution in [-0.4, -0.2) is 62.6 Å². The first-order valence-electron chi connectivity index (χ1n) is 13.2. The summed E-state index contributed by atoms with van der Waals surface area (Å²) < 4.78 is 89.2. The molecule has 1 unspecified atom stereocenters. The van der Waals surface area contributed by atoms with Crippen LogP contribution in [0.15, 0.2) is 36.4 Å². The van der Waals surface area contributed by atoms with Crippen LogP contribution in [0.4, 0.5) is 17.6 Å². The fraction of sp³-hybridized carbons (Fsp3) is 0.571. The quantitative estimate of drug-likeness (QED) is 0.483. The first-order valence-corrected chi connectivity index (χ1v) is 15.0. The van der Waals surface area contributed by atoms with Gasteiger partial charge < -0.3 is 4.74 Å². The van der Waals surface area contributed by atoms with Crippen LogP contribution in [0.1, 0.15) is 48.4 Å². The van der Waals surface area contributed by atoms with Gasteiger partial charge >= 0.3 is 5.92 Å². The van der Waals surface area contributed by atoms with Crippen LogP contribution < -0.4 is 0 Å². The normalized spacial score (nSPS) is 27.7. The number of hydrogen-bond donors (Lipinski definition) is 0. The number of likely N-dealkylation sites (tertiary alicyclic amines) is 1. The van der Waals surface area contributed by atoms with Gasteiger partial charge in [-0.05, 0) is 60.7 Å². The van der Waals surface area contributed by atoms with Crippen molar-refractivity contribution in [1.82, 2.24) is 9.21 Å². The van der Waals surface area contributed by atoms with Crippen LogP contribution in [0.2, 0.25) is 0 Å². The van der Waals surface area contributed by atoms with Crippen LogP contribution in [-0.2, 0) is 39.2 Å². The van der Waals surface area contributed by atoms with Crippen LogP contribution in [0.3, 0.4) is 0 Å². The Morgan fingerprint density at radius 3 is 2.26 bits per heavy atom. The number of hydrogen-bond acceptors (Lipinski definition) is 4. The van der Waals surface area contributed by atoms with E-state index in [9.17, 15) is 17.2 Å². The standard InChI is InChI=1S/C28H32F4N2O3S/c1-3-20-14-19(16-33-11-8-25(9-12-33)17-34(18-25)38(2,35)36)4-6-22(20)21-5-7-23-24(15-21)28(31,32)27(23)26(29,30)10-13-37-27/h4-7,14-15H,3,8-13,16-18H2,1-2H3. The fourth-order valence-corrected chi connectivity index (χ4v) is 7.82. The molecular formula is C28H32F4N2O3S. The maximum absolute atomic E-state index is 15.1. The van der Waals surface area contributed by atoms with Gasteiger partial charge in [0, 0.05) is 42.6 Å². The molecule has 0 aromatic heterocycles. The Morgan fingerprint density at radius 1 is 0.947 bits per heavy atom.